The van der Waals surface area contributed by atoms with Crippen LogP contribution in [-0.4, -0.2) is 43.4 Å². The number of nitrogens with zero attached hydrogens (tertiary/aromatic N) is 1. The van der Waals surface area contributed by atoms with Gasteiger partial charge in [0.1, 0.15) is 0 Å². The maximum atomic E-state index is 9.86. The fraction of sp³-hybridized carbons (Fsp3) is 1.00. The molecule has 0 aromatic rings. The monoisotopic (exact) mass is 167 g/mol. The molecule has 4 nitrogen and oxygen atoms in total. The third-order valence-electron chi connectivity index (χ3n) is 1.14. The van der Waals surface area contributed by atoms with Gasteiger partial charge >= 0.3 is 0 Å². The van der Waals surface area contributed by atoms with E-state index in [1.54, 1.807) is 0 Å². The second kappa shape index (κ2) is 7.22. The second-order valence-electron chi connectivity index (χ2n) is 1.99. The Balaban J connectivity index is 3.04. The van der Waals surface area contributed by atoms with Crippen LogP contribution in [0.3, 0.4) is 0 Å². The van der Waals surface area contributed by atoms with E-state index in [0.717, 1.165) is 6.54 Å². The summed E-state index contributed by atoms with van der Waals surface area (Å²) >= 11 is 0. The van der Waals surface area contributed by atoms with Crippen LogP contribution < -0.4 is 0 Å². The van der Waals surface area contributed by atoms with Crippen LogP contribution in [0.2, 0.25) is 0 Å². The van der Waals surface area contributed by atoms with E-state index in [-0.39, 0.29) is 6.61 Å². The fourth-order valence-corrected chi connectivity index (χ4v) is 0.741. The molecule has 0 fully saturated rings. The van der Waals surface area contributed by atoms with Gasteiger partial charge in [-0.1, -0.05) is 0 Å². The maximum absolute atomic E-state index is 9.86. The predicted molar refractivity (Wildman–Crippen MR) is 40.9 cm³/mol. The molecule has 10 heavy (non-hydrogen) atoms. The van der Waals surface area contributed by atoms with Gasteiger partial charge in [-0.2, -0.15) is 0 Å². The first kappa shape index (κ1) is 10.1. The van der Waals surface area contributed by atoms with E-state index in [1.165, 1.54) is 0 Å². The molecule has 0 radical (unpaired) electrons. The van der Waals surface area contributed by atoms with Crippen LogP contribution in [-0.2, 0) is 9.09 Å². The van der Waals surface area contributed by atoms with Crippen molar-refractivity contribution in [2.75, 3.05) is 33.4 Å². The first-order valence-electron chi connectivity index (χ1n) is 3.16. The standard InChI is InChI=1S/C5H14NO3P/c1-6(2-4-7)3-5-9-10-8/h7H,2-5,10H2,1H3. The van der Waals surface area contributed by atoms with Gasteiger partial charge in [0.2, 0.25) is 0 Å². The summed E-state index contributed by atoms with van der Waals surface area (Å²) in [5.74, 6) is 0. The van der Waals surface area contributed by atoms with E-state index in [1.807, 2.05) is 11.9 Å². The molecule has 0 saturated heterocycles. The molecule has 0 aromatic carbocycles. The zero-order valence-electron chi connectivity index (χ0n) is 6.12. The average Bonchev–Trinajstić information content (AvgIpc) is 1.89. The molecule has 0 rings (SSSR count). The van der Waals surface area contributed by atoms with Gasteiger partial charge in [0.25, 0.3) is 0 Å². The molecule has 5 heteroatoms. The van der Waals surface area contributed by atoms with E-state index in [0.29, 0.717) is 13.2 Å². The van der Waals surface area contributed by atoms with Gasteiger partial charge in [-0.15, -0.1) is 0 Å². The van der Waals surface area contributed by atoms with Gasteiger partial charge in [0, 0.05) is 13.1 Å². The second-order valence-corrected chi connectivity index (χ2v) is 2.52. The summed E-state index contributed by atoms with van der Waals surface area (Å²) in [6, 6.07) is 0. The van der Waals surface area contributed by atoms with E-state index >= 15 is 0 Å². The molecule has 0 amide bonds. The zero-order valence-corrected chi connectivity index (χ0v) is 7.27. The third kappa shape index (κ3) is 6.23. The molecular weight excluding hydrogens is 153 g/mol. The lowest BCUT2D eigenvalue weighted by atomic mass is 10.5. The van der Waals surface area contributed by atoms with Crippen molar-refractivity contribution >= 4 is 8.69 Å². The highest BCUT2D eigenvalue weighted by molar-refractivity contribution is 7.17. The predicted octanol–water partition coefficient (Wildman–Crippen LogP) is -0.402. The number of aliphatic hydroxyl groups excluding tert-OH is 1. The van der Waals surface area contributed by atoms with E-state index in [4.69, 9.17) is 5.11 Å². The molecule has 62 valence electrons. The minimum atomic E-state index is -1.08. The van der Waals surface area contributed by atoms with E-state index in [9.17, 15) is 4.57 Å². The van der Waals surface area contributed by atoms with Gasteiger partial charge in [0.15, 0.2) is 8.69 Å². The molecule has 0 saturated carbocycles. The Bertz CT molecular complexity index is 91.0. The molecule has 0 spiro atoms. The van der Waals surface area contributed by atoms with Crippen molar-refractivity contribution in [1.82, 2.24) is 4.90 Å². The summed E-state index contributed by atoms with van der Waals surface area (Å²) in [5, 5.41) is 8.45. The lowest BCUT2D eigenvalue weighted by Crippen LogP contribution is -2.25. The summed E-state index contributed by atoms with van der Waals surface area (Å²) in [6.45, 7) is 1.99. The molecule has 0 aliphatic heterocycles. The number of rotatable bonds is 6. The van der Waals surface area contributed by atoms with E-state index in [2.05, 4.69) is 4.52 Å². The lowest BCUT2D eigenvalue weighted by Gasteiger charge is -2.12. The summed E-state index contributed by atoms with van der Waals surface area (Å²) < 4.78 is 14.5. The molecule has 1 atom stereocenters. The van der Waals surface area contributed by atoms with Gasteiger partial charge < -0.3 is 14.5 Å². The smallest absolute Gasteiger partial charge is 0.179 e. The van der Waals surface area contributed by atoms with Crippen molar-refractivity contribution in [2.45, 2.75) is 0 Å². The molecule has 1 unspecified atom stereocenters. The first-order chi connectivity index (χ1) is 4.81. The Kier molecular flexibility index (Phi) is 7.30. The molecule has 0 bridgehead atoms. The van der Waals surface area contributed by atoms with Gasteiger partial charge in [-0.05, 0) is 7.05 Å². The number of hydrogen-bond donors (Lipinski definition) is 1. The Morgan fingerprint density at radius 2 is 2.30 bits per heavy atom. The first-order valence-corrected chi connectivity index (χ1v) is 4.10. The van der Waals surface area contributed by atoms with Crippen LogP contribution in [0.5, 0.6) is 0 Å². The normalized spacial score (nSPS) is 11.9. The van der Waals surface area contributed by atoms with Gasteiger partial charge in [-0.25, -0.2) is 0 Å². The van der Waals surface area contributed by atoms with Crippen LogP contribution >= 0.6 is 8.69 Å². The van der Waals surface area contributed by atoms with Crippen molar-refractivity contribution in [1.29, 1.82) is 0 Å². The van der Waals surface area contributed by atoms with Crippen molar-refractivity contribution in [2.24, 2.45) is 0 Å². The minimum Gasteiger partial charge on any atom is -0.395 e. The molecule has 1 N–H and O–H groups in total. The van der Waals surface area contributed by atoms with Crippen LogP contribution in [0.25, 0.3) is 0 Å². The van der Waals surface area contributed by atoms with Crippen LogP contribution in [0.1, 0.15) is 0 Å². The molecule has 0 aliphatic carbocycles. The summed E-state index contributed by atoms with van der Waals surface area (Å²) in [5.41, 5.74) is 0. The Morgan fingerprint density at radius 3 is 2.80 bits per heavy atom. The van der Waals surface area contributed by atoms with Crippen molar-refractivity contribution in [3.63, 3.8) is 0 Å². The number of aliphatic hydroxyl groups is 1. The van der Waals surface area contributed by atoms with Crippen molar-refractivity contribution < 1.29 is 14.2 Å². The summed E-state index contributed by atoms with van der Waals surface area (Å²) in [4.78, 5) is 1.91. The minimum absolute atomic E-state index is 0.154. The molecule has 0 aliphatic rings. The fourth-order valence-electron chi connectivity index (χ4n) is 0.539. The highest BCUT2D eigenvalue weighted by Gasteiger charge is 1.94. The summed E-state index contributed by atoms with van der Waals surface area (Å²) in [6.07, 6.45) is 0. The summed E-state index contributed by atoms with van der Waals surface area (Å²) in [7, 11) is 0.794. The molecular formula is C5H14NO3P. The Morgan fingerprint density at radius 1 is 1.60 bits per heavy atom. The average molecular weight is 167 g/mol. The number of likely N-dealkylation sites (N-methyl/N-ethyl adjacent to an activating group) is 1. The van der Waals surface area contributed by atoms with Crippen molar-refractivity contribution in [3.05, 3.63) is 0 Å². The highest BCUT2D eigenvalue weighted by Crippen LogP contribution is 1.93. The molecule has 0 heterocycles. The van der Waals surface area contributed by atoms with Crippen LogP contribution in [0.15, 0.2) is 0 Å². The Labute approximate surface area is 62.1 Å². The quantitative estimate of drug-likeness (QED) is 0.432. The zero-order chi connectivity index (χ0) is 7.82. The van der Waals surface area contributed by atoms with Gasteiger partial charge in [-0.3, -0.25) is 4.57 Å². The van der Waals surface area contributed by atoms with Gasteiger partial charge in [0.05, 0.1) is 13.2 Å². The highest BCUT2D eigenvalue weighted by atomic mass is 31.1. The largest absolute Gasteiger partial charge is 0.395 e. The topological polar surface area (TPSA) is 49.8 Å². The Hall–Kier alpha value is 0.110. The third-order valence-corrected chi connectivity index (χ3v) is 1.51. The van der Waals surface area contributed by atoms with Crippen molar-refractivity contribution in [3.8, 4) is 0 Å². The van der Waals surface area contributed by atoms with E-state index < -0.39 is 8.69 Å². The maximum Gasteiger partial charge on any atom is 0.179 e. The van der Waals surface area contributed by atoms with Crippen LogP contribution in [0.4, 0.5) is 0 Å². The van der Waals surface area contributed by atoms with Crippen LogP contribution in [0, 0.1) is 0 Å². The molecule has 0 aromatic heterocycles. The number of hydrogen-bond acceptors (Lipinski definition) is 4. The lowest BCUT2D eigenvalue weighted by molar-refractivity contribution is 0.198. The SMILES string of the molecule is CN(CCO)CCO[PH2]=O.